The Balaban J connectivity index is 2.07. The summed E-state index contributed by atoms with van der Waals surface area (Å²) in [6.45, 7) is 8.54. The SMILES string of the molecule is Cc1c(C)c2c(c(C)c1O)CCC(C)(CCCN=C(N)N=C(N)N)O2. The zero-order chi connectivity index (χ0) is 18.8. The van der Waals surface area contributed by atoms with Crippen LogP contribution < -0.4 is 21.9 Å². The molecule has 0 bridgehead atoms. The first-order valence-electron chi connectivity index (χ1n) is 8.55. The van der Waals surface area contributed by atoms with Crippen molar-refractivity contribution < 1.29 is 9.84 Å². The molecule has 0 saturated carbocycles. The van der Waals surface area contributed by atoms with Gasteiger partial charge in [0.2, 0.25) is 5.96 Å². The first-order chi connectivity index (χ1) is 11.6. The molecule has 0 amide bonds. The van der Waals surface area contributed by atoms with Gasteiger partial charge in [-0.3, -0.25) is 4.99 Å². The molecule has 0 aromatic heterocycles. The summed E-state index contributed by atoms with van der Waals surface area (Å²) in [6, 6.07) is 0. The van der Waals surface area contributed by atoms with E-state index in [2.05, 4.69) is 16.9 Å². The van der Waals surface area contributed by atoms with Crippen LogP contribution in [0.25, 0.3) is 0 Å². The molecule has 1 aliphatic rings. The number of hydrogen-bond donors (Lipinski definition) is 4. The van der Waals surface area contributed by atoms with Crippen molar-refractivity contribution in [2.45, 2.75) is 59.0 Å². The minimum absolute atomic E-state index is 0.0927. The number of rotatable bonds is 4. The molecule has 1 atom stereocenters. The molecular weight excluding hydrogens is 318 g/mol. The highest BCUT2D eigenvalue weighted by Gasteiger charge is 2.34. The molecule has 0 radical (unpaired) electrons. The Hall–Kier alpha value is -2.44. The van der Waals surface area contributed by atoms with Gasteiger partial charge in [-0.25, -0.2) is 0 Å². The fourth-order valence-electron chi connectivity index (χ4n) is 3.28. The molecule has 1 unspecified atom stereocenters. The van der Waals surface area contributed by atoms with Crippen LogP contribution in [0.2, 0.25) is 0 Å². The van der Waals surface area contributed by atoms with E-state index in [4.69, 9.17) is 21.9 Å². The highest BCUT2D eigenvalue weighted by molar-refractivity contribution is 5.92. The van der Waals surface area contributed by atoms with Gasteiger partial charge in [-0.05, 0) is 70.1 Å². The number of ether oxygens (including phenoxy) is 1. The van der Waals surface area contributed by atoms with Crippen LogP contribution in [0.4, 0.5) is 0 Å². The fourth-order valence-corrected chi connectivity index (χ4v) is 3.28. The van der Waals surface area contributed by atoms with Crippen molar-refractivity contribution in [3.63, 3.8) is 0 Å². The summed E-state index contributed by atoms with van der Waals surface area (Å²) in [6.07, 6.45) is 3.46. The van der Waals surface area contributed by atoms with Gasteiger partial charge in [0.05, 0.1) is 0 Å². The Bertz CT molecular complexity index is 723. The van der Waals surface area contributed by atoms with Crippen LogP contribution in [0.5, 0.6) is 11.5 Å². The van der Waals surface area contributed by atoms with Crippen molar-refractivity contribution in [1.82, 2.24) is 0 Å². The monoisotopic (exact) mass is 347 g/mol. The Morgan fingerprint density at radius 1 is 1.16 bits per heavy atom. The number of phenolic OH excluding ortho intramolecular Hbond substituents is 1. The van der Waals surface area contributed by atoms with Gasteiger partial charge in [0.15, 0.2) is 5.96 Å². The maximum absolute atomic E-state index is 10.3. The van der Waals surface area contributed by atoms with Crippen molar-refractivity contribution in [3.8, 4) is 11.5 Å². The predicted molar refractivity (Wildman–Crippen MR) is 101 cm³/mol. The number of nitrogens with two attached hydrogens (primary N) is 3. The van der Waals surface area contributed by atoms with E-state index in [-0.39, 0.29) is 17.5 Å². The first-order valence-corrected chi connectivity index (χ1v) is 8.55. The Morgan fingerprint density at radius 3 is 2.48 bits per heavy atom. The summed E-state index contributed by atoms with van der Waals surface area (Å²) in [5, 5.41) is 10.3. The van der Waals surface area contributed by atoms with Gasteiger partial charge in [0.1, 0.15) is 17.1 Å². The highest BCUT2D eigenvalue weighted by atomic mass is 16.5. The summed E-state index contributed by atoms with van der Waals surface area (Å²) in [4.78, 5) is 7.83. The van der Waals surface area contributed by atoms with Crippen molar-refractivity contribution in [3.05, 3.63) is 22.3 Å². The summed E-state index contributed by atoms with van der Waals surface area (Å²) in [7, 11) is 0. The molecule has 0 aliphatic carbocycles. The second-order valence-corrected chi connectivity index (χ2v) is 6.96. The van der Waals surface area contributed by atoms with Crippen LogP contribution in [0, 0.1) is 20.8 Å². The van der Waals surface area contributed by atoms with Crippen LogP contribution in [-0.2, 0) is 6.42 Å². The third kappa shape index (κ3) is 4.15. The van der Waals surface area contributed by atoms with Crippen molar-refractivity contribution >= 4 is 11.9 Å². The summed E-state index contributed by atoms with van der Waals surface area (Å²) >= 11 is 0. The molecule has 138 valence electrons. The molecule has 7 heteroatoms. The number of benzene rings is 1. The van der Waals surface area contributed by atoms with Gasteiger partial charge in [0.25, 0.3) is 0 Å². The van der Waals surface area contributed by atoms with E-state index in [0.29, 0.717) is 12.3 Å². The second kappa shape index (κ2) is 7.21. The molecule has 0 spiro atoms. The molecule has 7 N–H and O–H groups in total. The fraction of sp³-hybridized carbons (Fsp3) is 0.556. The molecule has 2 rings (SSSR count). The molecular formula is C18H29N5O2. The van der Waals surface area contributed by atoms with E-state index < -0.39 is 0 Å². The average Bonchev–Trinajstić information content (AvgIpc) is 2.54. The van der Waals surface area contributed by atoms with Gasteiger partial charge < -0.3 is 27.0 Å². The lowest BCUT2D eigenvalue weighted by Crippen LogP contribution is -2.37. The van der Waals surface area contributed by atoms with Gasteiger partial charge in [-0.2, -0.15) is 4.99 Å². The topological polar surface area (TPSA) is 132 Å². The van der Waals surface area contributed by atoms with Gasteiger partial charge in [-0.1, -0.05) is 0 Å². The van der Waals surface area contributed by atoms with Crippen molar-refractivity contribution in [2.75, 3.05) is 6.54 Å². The normalized spacial score (nSPS) is 19.9. The van der Waals surface area contributed by atoms with Crippen LogP contribution in [-0.4, -0.2) is 29.2 Å². The van der Waals surface area contributed by atoms with Crippen molar-refractivity contribution in [2.24, 2.45) is 27.2 Å². The zero-order valence-electron chi connectivity index (χ0n) is 15.5. The lowest BCUT2D eigenvalue weighted by Gasteiger charge is -2.38. The molecule has 1 aliphatic heterocycles. The lowest BCUT2D eigenvalue weighted by atomic mass is 9.85. The molecule has 1 aromatic rings. The minimum Gasteiger partial charge on any atom is -0.507 e. The molecule has 0 saturated heterocycles. The van der Waals surface area contributed by atoms with Gasteiger partial charge in [-0.15, -0.1) is 0 Å². The number of nitrogens with zero attached hydrogens (tertiary/aromatic N) is 2. The Morgan fingerprint density at radius 2 is 1.84 bits per heavy atom. The summed E-state index contributed by atoms with van der Waals surface area (Å²) < 4.78 is 6.38. The number of aliphatic imine (C=N–C) groups is 2. The number of hydrogen-bond acceptors (Lipinski definition) is 3. The first kappa shape index (κ1) is 18.9. The van der Waals surface area contributed by atoms with Crippen LogP contribution in [0.3, 0.4) is 0 Å². The molecule has 1 aromatic carbocycles. The molecule has 1 heterocycles. The molecule has 0 fully saturated rings. The Labute approximate surface area is 149 Å². The molecule has 7 nitrogen and oxygen atoms in total. The number of phenols is 1. The van der Waals surface area contributed by atoms with E-state index in [1.807, 2.05) is 20.8 Å². The summed E-state index contributed by atoms with van der Waals surface area (Å²) in [5.41, 5.74) is 19.8. The van der Waals surface area contributed by atoms with Crippen LogP contribution >= 0.6 is 0 Å². The average molecular weight is 347 g/mol. The smallest absolute Gasteiger partial charge is 0.218 e. The zero-order valence-corrected chi connectivity index (χ0v) is 15.5. The Kier molecular flexibility index (Phi) is 5.45. The van der Waals surface area contributed by atoms with Gasteiger partial charge >= 0.3 is 0 Å². The summed E-state index contributed by atoms with van der Waals surface area (Å²) in [5.74, 6) is 1.31. The number of guanidine groups is 2. The third-order valence-electron chi connectivity index (χ3n) is 4.97. The lowest BCUT2D eigenvalue weighted by molar-refractivity contribution is 0.0535. The van der Waals surface area contributed by atoms with E-state index in [9.17, 15) is 5.11 Å². The maximum Gasteiger partial charge on any atom is 0.218 e. The maximum atomic E-state index is 10.3. The largest absolute Gasteiger partial charge is 0.507 e. The standard InChI is InChI=1S/C18H29N5O2/c1-10-11(2)15-13(12(3)14(10)24)6-8-18(4,25-15)7-5-9-22-17(21)23-16(19)20/h24H,5-9H2,1-4H3,(H6,19,20,21,22,23). The minimum atomic E-state index is -0.256. The second-order valence-electron chi connectivity index (χ2n) is 6.96. The van der Waals surface area contributed by atoms with E-state index in [1.54, 1.807) is 0 Å². The van der Waals surface area contributed by atoms with Crippen LogP contribution in [0.1, 0.15) is 48.4 Å². The highest BCUT2D eigenvalue weighted by Crippen LogP contribution is 2.44. The number of fused-ring (bicyclic) bond motifs is 1. The number of aromatic hydroxyl groups is 1. The quantitative estimate of drug-likeness (QED) is 0.374. The van der Waals surface area contributed by atoms with Crippen molar-refractivity contribution in [1.29, 1.82) is 0 Å². The van der Waals surface area contributed by atoms with E-state index in [1.165, 1.54) is 0 Å². The molecule has 25 heavy (non-hydrogen) atoms. The van der Waals surface area contributed by atoms with Crippen LogP contribution in [0.15, 0.2) is 9.98 Å². The predicted octanol–water partition coefficient (Wildman–Crippen LogP) is 1.77. The van der Waals surface area contributed by atoms with Gasteiger partial charge in [0, 0.05) is 12.1 Å². The van der Waals surface area contributed by atoms with E-state index >= 15 is 0 Å². The third-order valence-corrected chi connectivity index (χ3v) is 4.97. The van der Waals surface area contributed by atoms with E-state index in [0.717, 1.165) is 53.7 Å².